The van der Waals surface area contributed by atoms with Crippen LogP contribution in [0.5, 0.6) is 0 Å². The van der Waals surface area contributed by atoms with Gasteiger partial charge in [0.15, 0.2) is 5.65 Å². The molecule has 25 heavy (non-hydrogen) atoms. The standard InChI is InChI=1S/C17H13ClN4O.C2H6/c1-11-9-20-16-12(8-19)7-13(10-22(11)16)17(23)21(2)15-5-3-14(18)4-6-15;1-2/h3-7,9-10H,1-2H3;1-2H3. The van der Waals surface area contributed by atoms with E-state index in [2.05, 4.69) is 11.1 Å². The van der Waals surface area contributed by atoms with Crippen molar-refractivity contribution in [2.45, 2.75) is 20.8 Å². The average Bonchev–Trinajstić information content (AvgIpc) is 3.03. The third kappa shape index (κ3) is 3.65. The molecule has 0 saturated carbocycles. The van der Waals surface area contributed by atoms with Gasteiger partial charge in [-0.3, -0.25) is 4.79 Å². The largest absolute Gasteiger partial charge is 0.311 e. The molecular weight excluding hydrogens is 336 g/mol. The molecule has 0 aliphatic rings. The summed E-state index contributed by atoms with van der Waals surface area (Å²) in [5.74, 6) is -0.209. The molecule has 0 N–H and O–H groups in total. The minimum Gasteiger partial charge on any atom is -0.311 e. The first-order chi connectivity index (χ1) is 12.0. The number of fused-ring (bicyclic) bond motifs is 1. The van der Waals surface area contributed by atoms with E-state index in [0.717, 1.165) is 11.4 Å². The van der Waals surface area contributed by atoms with Gasteiger partial charge in [-0.1, -0.05) is 25.4 Å². The molecule has 3 aromatic rings. The second kappa shape index (κ2) is 7.82. The maximum atomic E-state index is 12.7. The Balaban J connectivity index is 0.00000109. The Bertz CT molecular complexity index is 938. The van der Waals surface area contributed by atoms with Crippen LogP contribution < -0.4 is 4.90 Å². The lowest BCUT2D eigenvalue weighted by Gasteiger charge is -2.18. The van der Waals surface area contributed by atoms with Gasteiger partial charge in [0.25, 0.3) is 5.91 Å². The van der Waals surface area contributed by atoms with Crippen LogP contribution in [-0.4, -0.2) is 22.3 Å². The fourth-order valence-electron chi connectivity index (χ4n) is 2.38. The van der Waals surface area contributed by atoms with Gasteiger partial charge in [-0.25, -0.2) is 4.98 Å². The Hall–Kier alpha value is -2.84. The number of pyridine rings is 1. The lowest BCUT2D eigenvalue weighted by atomic mass is 10.1. The third-order valence-corrected chi connectivity index (χ3v) is 3.93. The van der Waals surface area contributed by atoms with Crippen LogP contribution in [0.2, 0.25) is 5.02 Å². The number of imidazole rings is 1. The van der Waals surface area contributed by atoms with Crippen LogP contribution >= 0.6 is 11.6 Å². The van der Waals surface area contributed by atoms with E-state index >= 15 is 0 Å². The molecule has 1 aromatic carbocycles. The van der Waals surface area contributed by atoms with Crippen LogP contribution in [0.25, 0.3) is 5.65 Å². The molecular formula is C19H19ClN4O. The molecule has 1 amide bonds. The first-order valence-electron chi connectivity index (χ1n) is 7.92. The van der Waals surface area contributed by atoms with Crippen LogP contribution in [0.1, 0.15) is 35.5 Å². The second-order valence-corrected chi connectivity index (χ2v) is 5.62. The van der Waals surface area contributed by atoms with Crippen LogP contribution in [0.4, 0.5) is 5.69 Å². The summed E-state index contributed by atoms with van der Waals surface area (Å²) in [6, 6.07) is 10.7. The number of nitriles is 1. The Labute approximate surface area is 152 Å². The zero-order valence-corrected chi connectivity index (χ0v) is 15.4. The number of hydrogen-bond acceptors (Lipinski definition) is 3. The van der Waals surface area contributed by atoms with Gasteiger partial charge in [0.1, 0.15) is 6.07 Å². The summed E-state index contributed by atoms with van der Waals surface area (Å²) in [5.41, 5.74) is 2.93. The first kappa shape index (κ1) is 18.5. The van der Waals surface area contributed by atoms with E-state index < -0.39 is 0 Å². The molecule has 0 aliphatic heterocycles. The van der Waals surface area contributed by atoms with Gasteiger partial charge in [-0.05, 0) is 37.3 Å². The van der Waals surface area contributed by atoms with E-state index in [-0.39, 0.29) is 5.91 Å². The highest BCUT2D eigenvalue weighted by atomic mass is 35.5. The molecule has 2 aromatic heterocycles. The van der Waals surface area contributed by atoms with E-state index in [1.165, 1.54) is 4.90 Å². The number of rotatable bonds is 2. The number of nitrogens with zero attached hydrogens (tertiary/aromatic N) is 4. The fourth-order valence-corrected chi connectivity index (χ4v) is 2.51. The van der Waals surface area contributed by atoms with Crippen molar-refractivity contribution in [1.82, 2.24) is 9.38 Å². The van der Waals surface area contributed by atoms with E-state index in [1.54, 1.807) is 54.2 Å². The van der Waals surface area contributed by atoms with Crippen molar-refractivity contribution in [3.8, 4) is 6.07 Å². The summed E-state index contributed by atoms with van der Waals surface area (Å²) >= 11 is 5.87. The van der Waals surface area contributed by atoms with E-state index in [9.17, 15) is 10.1 Å². The average molecular weight is 355 g/mol. The summed E-state index contributed by atoms with van der Waals surface area (Å²) in [6.45, 7) is 5.87. The Morgan fingerprint density at radius 1 is 1.28 bits per heavy atom. The predicted molar refractivity (Wildman–Crippen MR) is 100 cm³/mol. The molecule has 128 valence electrons. The molecule has 5 nitrogen and oxygen atoms in total. The molecule has 0 bridgehead atoms. The number of benzene rings is 1. The second-order valence-electron chi connectivity index (χ2n) is 5.19. The van der Waals surface area contributed by atoms with Crippen LogP contribution in [-0.2, 0) is 0 Å². The molecule has 0 aliphatic carbocycles. The number of aromatic nitrogens is 2. The number of carbonyl (C=O) groups is 1. The smallest absolute Gasteiger partial charge is 0.259 e. The summed E-state index contributed by atoms with van der Waals surface area (Å²) in [4.78, 5) is 18.4. The fraction of sp³-hybridized carbons (Fsp3) is 0.211. The van der Waals surface area contributed by atoms with Crippen molar-refractivity contribution in [1.29, 1.82) is 5.26 Å². The van der Waals surface area contributed by atoms with Gasteiger partial charge >= 0.3 is 0 Å². The highest BCUT2D eigenvalue weighted by molar-refractivity contribution is 6.30. The molecule has 2 heterocycles. The van der Waals surface area contributed by atoms with E-state index in [4.69, 9.17) is 11.6 Å². The van der Waals surface area contributed by atoms with Crippen molar-refractivity contribution in [3.05, 3.63) is 64.6 Å². The van der Waals surface area contributed by atoms with Crippen molar-refractivity contribution >= 4 is 28.8 Å². The third-order valence-electron chi connectivity index (χ3n) is 3.68. The summed E-state index contributed by atoms with van der Waals surface area (Å²) in [6.07, 6.45) is 3.38. The Kier molecular flexibility index (Phi) is 5.79. The molecule has 3 rings (SSSR count). The summed E-state index contributed by atoms with van der Waals surface area (Å²) in [5, 5.41) is 9.90. The highest BCUT2D eigenvalue weighted by Crippen LogP contribution is 2.20. The zero-order valence-electron chi connectivity index (χ0n) is 14.6. The molecule has 0 unspecified atom stereocenters. The van der Waals surface area contributed by atoms with Crippen molar-refractivity contribution < 1.29 is 4.79 Å². The van der Waals surface area contributed by atoms with E-state index in [1.807, 2.05) is 20.8 Å². The lowest BCUT2D eigenvalue weighted by Crippen LogP contribution is -2.26. The lowest BCUT2D eigenvalue weighted by molar-refractivity contribution is 0.0992. The number of anilines is 1. The number of amides is 1. The molecule has 0 atom stereocenters. The zero-order chi connectivity index (χ0) is 18.6. The van der Waals surface area contributed by atoms with E-state index in [0.29, 0.717) is 21.8 Å². The van der Waals surface area contributed by atoms with Gasteiger partial charge in [0.05, 0.1) is 11.1 Å². The summed E-state index contributed by atoms with van der Waals surface area (Å²) < 4.78 is 1.75. The number of carbonyl (C=O) groups excluding carboxylic acids is 1. The Morgan fingerprint density at radius 3 is 2.52 bits per heavy atom. The van der Waals surface area contributed by atoms with Gasteiger partial charge in [-0.2, -0.15) is 5.26 Å². The number of hydrogen-bond donors (Lipinski definition) is 0. The maximum Gasteiger partial charge on any atom is 0.259 e. The van der Waals surface area contributed by atoms with Gasteiger partial charge in [-0.15, -0.1) is 0 Å². The Morgan fingerprint density at radius 2 is 1.92 bits per heavy atom. The first-order valence-corrected chi connectivity index (χ1v) is 8.30. The van der Waals surface area contributed by atoms with Gasteiger partial charge in [0, 0.05) is 35.8 Å². The molecule has 0 saturated heterocycles. The quantitative estimate of drug-likeness (QED) is 0.682. The number of aryl methyl sites for hydroxylation is 1. The maximum absolute atomic E-state index is 12.7. The molecule has 6 heteroatoms. The van der Waals surface area contributed by atoms with Crippen molar-refractivity contribution in [2.75, 3.05) is 11.9 Å². The van der Waals surface area contributed by atoms with Crippen molar-refractivity contribution in [3.63, 3.8) is 0 Å². The molecule has 0 fully saturated rings. The summed E-state index contributed by atoms with van der Waals surface area (Å²) in [7, 11) is 1.68. The SMILES string of the molecule is CC.Cc1cnc2c(C#N)cc(C(=O)N(C)c3ccc(Cl)cc3)cn12. The normalized spacial score (nSPS) is 9.92. The minimum absolute atomic E-state index is 0.209. The van der Waals surface area contributed by atoms with Crippen LogP contribution in [0.15, 0.2) is 42.7 Å². The topological polar surface area (TPSA) is 61.4 Å². The highest BCUT2D eigenvalue weighted by Gasteiger charge is 2.17. The molecule has 0 spiro atoms. The van der Waals surface area contributed by atoms with Crippen LogP contribution in [0.3, 0.4) is 0 Å². The number of halogens is 1. The van der Waals surface area contributed by atoms with Gasteiger partial charge in [0.2, 0.25) is 0 Å². The van der Waals surface area contributed by atoms with Crippen LogP contribution in [0, 0.1) is 18.3 Å². The monoisotopic (exact) mass is 354 g/mol. The predicted octanol–water partition coefficient (Wildman–Crippen LogP) is 4.47. The minimum atomic E-state index is -0.209. The van der Waals surface area contributed by atoms with Crippen molar-refractivity contribution in [2.24, 2.45) is 0 Å². The van der Waals surface area contributed by atoms with Gasteiger partial charge < -0.3 is 9.30 Å². The molecule has 0 radical (unpaired) electrons.